The Kier molecular flexibility index (Phi) is 6.78. The van der Waals surface area contributed by atoms with Crippen LogP contribution in [0.15, 0.2) is 59.0 Å². The molecule has 0 saturated heterocycles. The Labute approximate surface area is 205 Å². The molecule has 0 aliphatic rings. The lowest BCUT2D eigenvalue weighted by molar-refractivity contribution is -0.141. The standard InChI is InChI=1S/C23H18F6N6O2/c1-12(30)19(36)31-11-13-3-2-4-16(9-13)35-17(10-18(34-35)23(27,28)29)21-33-32-20(37-21)14-5-7-15(8-6-14)22(24,25)26/h2-10,12H,11,30H2,1H3,(H,31,36)/t12-/m0/s1. The number of carbonyl (C=O) groups excluding carboxylic acids is 1. The van der Waals surface area contributed by atoms with E-state index in [-0.39, 0.29) is 35.3 Å². The minimum atomic E-state index is -4.79. The van der Waals surface area contributed by atoms with Crippen molar-refractivity contribution in [2.24, 2.45) is 5.73 Å². The highest BCUT2D eigenvalue weighted by atomic mass is 19.4. The van der Waals surface area contributed by atoms with Gasteiger partial charge in [-0.15, -0.1) is 10.2 Å². The molecular weight excluding hydrogens is 506 g/mol. The second-order valence-electron chi connectivity index (χ2n) is 7.99. The number of benzene rings is 2. The summed E-state index contributed by atoms with van der Waals surface area (Å²) in [6.07, 6.45) is -9.34. The van der Waals surface area contributed by atoms with Crippen LogP contribution in [0.25, 0.3) is 28.7 Å². The number of nitrogens with one attached hydrogen (secondary N) is 1. The van der Waals surface area contributed by atoms with Crippen molar-refractivity contribution < 1.29 is 35.6 Å². The summed E-state index contributed by atoms with van der Waals surface area (Å²) in [5.74, 6) is -0.947. The van der Waals surface area contributed by atoms with Gasteiger partial charge >= 0.3 is 12.4 Å². The molecule has 1 atom stereocenters. The molecule has 37 heavy (non-hydrogen) atoms. The molecular formula is C23H18F6N6O2. The lowest BCUT2D eigenvalue weighted by Crippen LogP contribution is -2.37. The van der Waals surface area contributed by atoms with Gasteiger partial charge in [-0.2, -0.15) is 31.4 Å². The van der Waals surface area contributed by atoms with Crippen LogP contribution in [0.4, 0.5) is 26.3 Å². The molecule has 1 amide bonds. The Morgan fingerprint density at radius 1 is 1.00 bits per heavy atom. The van der Waals surface area contributed by atoms with Crippen molar-refractivity contribution in [2.45, 2.75) is 31.9 Å². The molecule has 4 aromatic rings. The second-order valence-corrected chi connectivity index (χ2v) is 7.99. The molecule has 14 heteroatoms. The van der Waals surface area contributed by atoms with E-state index in [2.05, 4.69) is 20.6 Å². The maximum atomic E-state index is 13.5. The van der Waals surface area contributed by atoms with Gasteiger partial charge in [-0.1, -0.05) is 12.1 Å². The van der Waals surface area contributed by atoms with Crippen molar-refractivity contribution in [1.82, 2.24) is 25.3 Å². The zero-order valence-corrected chi connectivity index (χ0v) is 18.9. The molecule has 2 heterocycles. The predicted octanol–water partition coefficient (Wildman–Crippen LogP) is 4.59. The molecule has 0 spiro atoms. The number of aromatic nitrogens is 4. The fourth-order valence-corrected chi connectivity index (χ4v) is 3.26. The first-order valence-electron chi connectivity index (χ1n) is 10.6. The van der Waals surface area contributed by atoms with Crippen LogP contribution in [0.1, 0.15) is 23.7 Å². The van der Waals surface area contributed by atoms with E-state index in [1.165, 1.54) is 19.1 Å². The highest BCUT2D eigenvalue weighted by molar-refractivity contribution is 5.80. The summed E-state index contributed by atoms with van der Waals surface area (Å²) in [4.78, 5) is 11.7. The maximum Gasteiger partial charge on any atom is 0.435 e. The van der Waals surface area contributed by atoms with Gasteiger partial charge in [-0.05, 0) is 48.9 Å². The van der Waals surface area contributed by atoms with E-state index in [1.54, 1.807) is 12.1 Å². The number of halogens is 6. The van der Waals surface area contributed by atoms with Gasteiger partial charge in [0.25, 0.3) is 5.89 Å². The van der Waals surface area contributed by atoms with Crippen LogP contribution >= 0.6 is 0 Å². The molecule has 0 bridgehead atoms. The first-order chi connectivity index (χ1) is 17.3. The first kappa shape index (κ1) is 25.9. The van der Waals surface area contributed by atoms with Gasteiger partial charge in [0.15, 0.2) is 5.69 Å². The van der Waals surface area contributed by atoms with Gasteiger partial charge in [-0.3, -0.25) is 4.79 Å². The normalized spacial score (nSPS) is 13.0. The molecule has 8 nitrogen and oxygen atoms in total. The third-order valence-electron chi connectivity index (χ3n) is 5.14. The molecule has 0 fully saturated rings. The molecule has 0 radical (unpaired) electrons. The van der Waals surface area contributed by atoms with Crippen molar-refractivity contribution in [1.29, 1.82) is 0 Å². The van der Waals surface area contributed by atoms with Gasteiger partial charge < -0.3 is 15.5 Å². The minimum absolute atomic E-state index is 0.0650. The van der Waals surface area contributed by atoms with Crippen LogP contribution in [0, 0.1) is 0 Å². The number of hydrogen-bond donors (Lipinski definition) is 2. The van der Waals surface area contributed by atoms with Gasteiger partial charge in [0, 0.05) is 18.2 Å². The molecule has 2 aromatic carbocycles. The average Bonchev–Trinajstić information content (AvgIpc) is 3.50. The number of nitrogens with two attached hydrogens (primary N) is 1. The third-order valence-corrected chi connectivity index (χ3v) is 5.14. The van der Waals surface area contributed by atoms with Crippen LogP contribution in [0.3, 0.4) is 0 Å². The van der Waals surface area contributed by atoms with Crippen LogP contribution in [0.2, 0.25) is 0 Å². The lowest BCUT2D eigenvalue weighted by atomic mass is 10.1. The van der Waals surface area contributed by atoms with E-state index in [4.69, 9.17) is 10.2 Å². The fourth-order valence-electron chi connectivity index (χ4n) is 3.26. The predicted molar refractivity (Wildman–Crippen MR) is 118 cm³/mol. The van der Waals surface area contributed by atoms with Gasteiger partial charge in [0.1, 0.15) is 5.69 Å². The Hall–Kier alpha value is -4.20. The third kappa shape index (κ3) is 5.80. The molecule has 0 aliphatic heterocycles. The van der Waals surface area contributed by atoms with Crippen molar-refractivity contribution in [3.05, 3.63) is 71.4 Å². The lowest BCUT2D eigenvalue weighted by Gasteiger charge is -2.10. The number of rotatable bonds is 6. The summed E-state index contributed by atoms with van der Waals surface area (Å²) < 4.78 is 85.4. The highest BCUT2D eigenvalue weighted by Crippen LogP contribution is 2.35. The molecule has 0 unspecified atom stereocenters. The number of alkyl halides is 6. The maximum absolute atomic E-state index is 13.5. The first-order valence-corrected chi connectivity index (χ1v) is 10.6. The molecule has 2 aromatic heterocycles. The Morgan fingerprint density at radius 3 is 2.30 bits per heavy atom. The smallest absolute Gasteiger partial charge is 0.415 e. The number of nitrogens with zero attached hydrogens (tertiary/aromatic N) is 4. The zero-order valence-electron chi connectivity index (χ0n) is 18.9. The van der Waals surface area contributed by atoms with E-state index in [1.807, 2.05) is 0 Å². The van der Waals surface area contributed by atoms with Gasteiger partial charge in [0.2, 0.25) is 11.8 Å². The van der Waals surface area contributed by atoms with Crippen LogP contribution in [-0.4, -0.2) is 31.9 Å². The van der Waals surface area contributed by atoms with E-state index in [0.717, 1.165) is 28.9 Å². The molecule has 3 N–H and O–H groups in total. The zero-order chi connectivity index (χ0) is 27.0. The minimum Gasteiger partial charge on any atom is -0.415 e. The van der Waals surface area contributed by atoms with Crippen molar-refractivity contribution in [3.63, 3.8) is 0 Å². The number of carbonyl (C=O) groups is 1. The topological polar surface area (TPSA) is 112 Å². The molecule has 0 aliphatic carbocycles. The summed E-state index contributed by atoms with van der Waals surface area (Å²) in [6.45, 7) is 1.57. The second kappa shape index (κ2) is 9.69. The molecule has 4 rings (SSSR count). The van der Waals surface area contributed by atoms with Crippen LogP contribution in [0.5, 0.6) is 0 Å². The summed E-state index contributed by atoms with van der Waals surface area (Å²) in [5.41, 5.74) is 4.09. The SMILES string of the molecule is C[C@H](N)C(=O)NCc1cccc(-n2nc(C(F)(F)F)cc2-c2nnc(-c3ccc(C(F)(F)F)cc3)o2)c1. The van der Waals surface area contributed by atoms with E-state index >= 15 is 0 Å². The number of amides is 1. The quantitative estimate of drug-likeness (QED) is 0.357. The van der Waals surface area contributed by atoms with Gasteiger partial charge in [-0.25, -0.2) is 4.68 Å². The van der Waals surface area contributed by atoms with Crippen molar-refractivity contribution in [2.75, 3.05) is 0 Å². The summed E-state index contributed by atoms with van der Waals surface area (Å²) in [5, 5.41) is 13.8. The van der Waals surface area contributed by atoms with Crippen LogP contribution < -0.4 is 11.1 Å². The molecule has 194 valence electrons. The Bertz CT molecular complexity index is 1410. The van der Waals surface area contributed by atoms with E-state index < -0.39 is 35.6 Å². The van der Waals surface area contributed by atoms with Gasteiger partial charge in [0.05, 0.1) is 17.3 Å². The average molecular weight is 524 g/mol. The fraction of sp³-hybridized carbons (Fsp3) is 0.217. The summed E-state index contributed by atoms with van der Waals surface area (Å²) in [7, 11) is 0. The van der Waals surface area contributed by atoms with E-state index in [0.29, 0.717) is 11.6 Å². The van der Waals surface area contributed by atoms with E-state index in [9.17, 15) is 31.1 Å². The number of hydrogen-bond acceptors (Lipinski definition) is 6. The van der Waals surface area contributed by atoms with Crippen molar-refractivity contribution in [3.8, 4) is 28.7 Å². The molecule has 0 saturated carbocycles. The largest absolute Gasteiger partial charge is 0.435 e. The monoisotopic (exact) mass is 524 g/mol. The summed E-state index contributed by atoms with van der Waals surface area (Å²) in [6, 6.07) is 10.0. The summed E-state index contributed by atoms with van der Waals surface area (Å²) >= 11 is 0. The van der Waals surface area contributed by atoms with Crippen LogP contribution in [-0.2, 0) is 23.7 Å². The Balaban J connectivity index is 1.70. The highest BCUT2D eigenvalue weighted by Gasteiger charge is 2.36. The van der Waals surface area contributed by atoms with Crippen molar-refractivity contribution >= 4 is 5.91 Å². The Morgan fingerprint density at radius 2 is 1.68 bits per heavy atom.